The van der Waals surface area contributed by atoms with Crippen LogP contribution in [-0.4, -0.2) is 33.5 Å². The zero-order chi connectivity index (χ0) is 16.2. The molecule has 1 N–H and O–H groups in total. The summed E-state index contributed by atoms with van der Waals surface area (Å²) >= 11 is 3.52. The summed E-state index contributed by atoms with van der Waals surface area (Å²) in [5, 5.41) is 8.94. The van der Waals surface area contributed by atoms with Crippen molar-refractivity contribution < 1.29 is 14.3 Å². The predicted octanol–water partition coefficient (Wildman–Crippen LogP) is 3.73. The summed E-state index contributed by atoms with van der Waals surface area (Å²) in [6.07, 6.45) is 5.71. The molecule has 1 unspecified atom stereocenters. The van der Waals surface area contributed by atoms with Gasteiger partial charge in [-0.2, -0.15) is 0 Å². The molecular formula is C17H19BrN2O3. The van der Waals surface area contributed by atoms with Gasteiger partial charge < -0.3 is 9.52 Å². The molecule has 2 aromatic rings. The Kier molecular flexibility index (Phi) is 5.13. The first kappa shape index (κ1) is 16.2. The highest BCUT2D eigenvalue weighted by molar-refractivity contribution is 9.10. The van der Waals surface area contributed by atoms with Gasteiger partial charge in [0.05, 0.1) is 6.54 Å². The fourth-order valence-corrected chi connectivity index (χ4v) is 3.54. The van der Waals surface area contributed by atoms with Gasteiger partial charge in [-0.15, -0.1) is 0 Å². The van der Waals surface area contributed by atoms with E-state index < -0.39 is 5.97 Å². The lowest BCUT2D eigenvalue weighted by Gasteiger charge is -2.35. The summed E-state index contributed by atoms with van der Waals surface area (Å²) in [6.45, 7) is 1.55. The smallest absolute Gasteiger partial charge is 0.357 e. The minimum absolute atomic E-state index is 0.0273. The molecule has 1 aliphatic heterocycles. The number of halogens is 1. The molecule has 0 radical (unpaired) electrons. The number of hydrogen-bond donors (Lipinski definition) is 1. The van der Waals surface area contributed by atoms with Gasteiger partial charge in [-0.1, -0.05) is 34.5 Å². The standard InChI is InChI=1S/C17H19BrN2O3/c18-13-5-3-4-12(8-13)9-14-6-1-2-7-20(14)10-16-19-15(11-23-16)17(21)22/h3-5,8,11,14H,1-2,6-7,9-10H2,(H,21,22). The van der Waals surface area contributed by atoms with Crippen LogP contribution in [-0.2, 0) is 13.0 Å². The summed E-state index contributed by atoms with van der Waals surface area (Å²) in [5.74, 6) is -0.576. The van der Waals surface area contributed by atoms with Crippen LogP contribution in [0, 0.1) is 0 Å². The first-order chi connectivity index (χ1) is 11.1. The Hall–Kier alpha value is -1.66. The number of carboxylic acids is 1. The molecule has 1 aliphatic rings. The minimum atomic E-state index is -1.05. The Morgan fingerprint density at radius 1 is 1.43 bits per heavy atom. The van der Waals surface area contributed by atoms with Gasteiger partial charge in [-0.25, -0.2) is 9.78 Å². The quantitative estimate of drug-likeness (QED) is 0.858. The summed E-state index contributed by atoms with van der Waals surface area (Å²) in [7, 11) is 0. The number of benzene rings is 1. The summed E-state index contributed by atoms with van der Waals surface area (Å²) in [5.41, 5.74) is 1.27. The second-order valence-corrected chi connectivity index (χ2v) is 6.80. The molecule has 1 aromatic heterocycles. The molecule has 2 heterocycles. The number of oxazole rings is 1. The molecule has 0 spiro atoms. The lowest BCUT2D eigenvalue weighted by Crippen LogP contribution is -2.40. The van der Waals surface area contributed by atoms with E-state index in [9.17, 15) is 4.79 Å². The number of aromatic nitrogens is 1. The van der Waals surface area contributed by atoms with Crippen molar-refractivity contribution in [1.82, 2.24) is 9.88 Å². The van der Waals surface area contributed by atoms with Gasteiger partial charge in [0.25, 0.3) is 0 Å². The van der Waals surface area contributed by atoms with E-state index in [2.05, 4.69) is 44.0 Å². The fourth-order valence-electron chi connectivity index (χ4n) is 3.09. The number of nitrogens with zero attached hydrogens (tertiary/aromatic N) is 2. The second-order valence-electron chi connectivity index (χ2n) is 5.89. The molecule has 1 saturated heterocycles. The molecule has 23 heavy (non-hydrogen) atoms. The van der Waals surface area contributed by atoms with Crippen LogP contribution in [0.5, 0.6) is 0 Å². The van der Waals surface area contributed by atoms with Crippen molar-refractivity contribution in [1.29, 1.82) is 0 Å². The van der Waals surface area contributed by atoms with E-state index in [0.29, 0.717) is 18.5 Å². The van der Waals surface area contributed by atoms with Crippen LogP contribution < -0.4 is 0 Å². The molecule has 0 saturated carbocycles. The van der Waals surface area contributed by atoms with E-state index in [1.54, 1.807) is 0 Å². The van der Waals surface area contributed by atoms with Crippen LogP contribution in [0.4, 0.5) is 0 Å². The first-order valence-corrected chi connectivity index (χ1v) is 8.57. The van der Waals surface area contributed by atoms with E-state index in [1.807, 2.05) is 6.07 Å². The van der Waals surface area contributed by atoms with Crippen molar-refractivity contribution in [3.63, 3.8) is 0 Å². The summed E-state index contributed by atoms with van der Waals surface area (Å²) in [6, 6.07) is 8.81. The Labute approximate surface area is 143 Å². The third-order valence-electron chi connectivity index (χ3n) is 4.22. The Morgan fingerprint density at radius 3 is 3.04 bits per heavy atom. The largest absolute Gasteiger partial charge is 0.476 e. The minimum Gasteiger partial charge on any atom is -0.476 e. The lowest BCUT2D eigenvalue weighted by molar-refractivity contribution is 0.0690. The van der Waals surface area contributed by atoms with Crippen LogP contribution in [0.1, 0.15) is 41.2 Å². The van der Waals surface area contributed by atoms with E-state index in [4.69, 9.17) is 9.52 Å². The van der Waals surface area contributed by atoms with E-state index in [0.717, 1.165) is 30.3 Å². The Balaban J connectivity index is 1.69. The van der Waals surface area contributed by atoms with E-state index >= 15 is 0 Å². The third-order valence-corrected chi connectivity index (χ3v) is 4.71. The highest BCUT2D eigenvalue weighted by atomic mass is 79.9. The maximum Gasteiger partial charge on any atom is 0.357 e. The van der Waals surface area contributed by atoms with Gasteiger partial charge in [0.15, 0.2) is 5.69 Å². The molecule has 122 valence electrons. The van der Waals surface area contributed by atoms with Gasteiger partial charge in [-0.05, 0) is 43.5 Å². The van der Waals surface area contributed by atoms with Gasteiger partial charge >= 0.3 is 5.97 Å². The topological polar surface area (TPSA) is 66.6 Å². The van der Waals surface area contributed by atoms with Gasteiger partial charge in [-0.3, -0.25) is 4.90 Å². The van der Waals surface area contributed by atoms with Crippen molar-refractivity contribution in [2.24, 2.45) is 0 Å². The predicted molar refractivity (Wildman–Crippen MR) is 89.4 cm³/mol. The van der Waals surface area contributed by atoms with E-state index in [-0.39, 0.29) is 5.69 Å². The average Bonchev–Trinajstić information content (AvgIpc) is 2.98. The molecule has 6 heteroatoms. The monoisotopic (exact) mass is 378 g/mol. The van der Waals surface area contributed by atoms with Crippen molar-refractivity contribution in [3.05, 3.63) is 52.1 Å². The third kappa shape index (κ3) is 4.20. The van der Waals surface area contributed by atoms with Crippen molar-refractivity contribution in [2.45, 2.75) is 38.3 Å². The number of hydrogen-bond acceptors (Lipinski definition) is 4. The summed E-state index contributed by atoms with van der Waals surface area (Å²) in [4.78, 5) is 17.3. The van der Waals surface area contributed by atoms with E-state index in [1.165, 1.54) is 18.2 Å². The van der Waals surface area contributed by atoms with Gasteiger partial charge in [0.2, 0.25) is 5.89 Å². The van der Waals surface area contributed by atoms with Crippen molar-refractivity contribution >= 4 is 21.9 Å². The number of rotatable bonds is 5. The summed E-state index contributed by atoms with van der Waals surface area (Å²) < 4.78 is 6.40. The Morgan fingerprint density at radius 2 is 2.30 bits per heavy atom. The number of aromatic carboxylic acids is 1. The van der Waals surface area contributed by atoms with Crippen molar-refractivity contribution in [2.75, 3.05) is 6.54 Å². The normalized spacial score (nSPS) is 18.9. The average molecular weight is 379 g/mol. The zero-order valence-electron chi connectivity index (χ0n) is 12.7. The fraction of sp³-hybridized carbons (Fsp3) is 0.412. The zero-order valence-corrected chi connectivity index (χ0v) is 14.3. The molecule has 0 bridgehead atoms. The number of carboxylic acid groups (broad SMARTS) is 1. The number of likely N-dealkylation sites (tertiary alicyclic amines) is 1. The molecule has 5 nitrogen and oxygen atoms in total. The molecular weight excluding hydrogens is 360 g/mol. The first-order valence-electron chi connectivity index (χ1n) is 7.78. The van der Waals surface area contributed by atoms with Crippen LogP contribution in [0.2, 0.25) is 0 Å². The molecule has 0 aliphatic carbocycles. The molecule has 3 rings (SSSR count). The van der Waals surface area contributed by atoms with Crippen LogP contribution in [0.15, 0.2) is 39.4 Å². The lowest BCUT2D eigenvalue weighted by atomic mass is 9.95. The SMILES string of the molecule is O=C(O)c1coc(CN2CCCCC2Cc2cccc(Br)c2)n1. The van der Waals surface area contributed by atoms with Crippen LogP contribution in [0.3, 0.4) is 0 Å². The van der Waals surface area contributed by atoms with Crippen molar-refractivity contribution in [3.8, 4) is 0 Å². The molecule has 1 fully saturated rings. The van der Waals surface area contributed by atoms with Crippen LogP contribution >= 0.6 is 15.9 Å². The van der Waals surface area contributed by atoms with Gasteiger partial charge in [0.1, 0.15) is 6.26 Å². The number of carbonyl (C=O) groups is 1. The number of piperidine rings is 1. The molecule has 1 atom stereocenters. The van der Waals surface area contributed by atoms with Gasteiger partial charge in [0, 0.05) is 10.5 Å². The maximum atomic E-state index is 10.9. The Bertz CT molecular complexity index is 686. The maximum absolute atomic E-state index is 10.9. The highest BCUT2D eigenvalue weighted by Crippen LogP contribution is 2.24. The molecule has 0 amide bonds. The van der Waals surface area contributed by atoms with Crippen LogP contribution in [0.25, 0.3) is 0 Å². The highest BCUT2D eigenvalue weighted by Gasteiger charge is 2.24. The second kappa shape index (κ2) is 7.27. The molecule has 1 aromatic carbocycles.